The van der Waals surface area contributed by atoms with E-state index in [1.54, 1.807) is 6.26 Å². The molecule has 1 saturated carbocycles. The molecule has 2 atom stereocenters. The molecule has 3 nitrogen and oxygen atoms in total. The Bertz CT molecular complexity index is 383. The minimum Gasteiger partial charge on any atom is -0.469 e. The maximum absolute atomic E-state index is 5.46. The first-order chi connectivity index (χ1) is 9.24. The van der Waals surface area contributed by atoms with Gasteiger partial charge in [-0.25, -0.2) is 0 Å². The Hall–Kier alpha value is -0.800. The van der Waals surface area contributed by atoms with Gasteiger partial charge in [-0.3, -0.25) is 4.90 Å². The van der Waals surface area contributed by atoms with Crippen LogP contribution in [0, 0.1) is 11.8 Å². The summed E-state index contributed by atoms with van der Waals surface area (Å²) in [5.41, 5.74) is 0. The van der Waals surface area contributed by atoms with Gasteiger partial charge in [0, 0.05) is 38.1 Å². The molecule has 2 fully saturated rings. The van der Waals surface area contributed by atoms with Crippen molar-refractivity contribution >= 4 is 0 Å². The molecule has 2 unspecified atom stereocenters. The Morgan fingerprint density at radius 2 is 2.26 bits per heavy atom. The van der Waals surface area contributed by atoms with E-state index in [-0.39, 0.29) is 0 Å². The molecule has 0 amide bonds. The lowest BCUT2D eigenvalue weighted by Crippen LogP contribution is -2.59. The van der Waals surface area contributed by atoms with Crippen LogP contribution in [0.5, 0.6) is 0 Å². The molecule has 1 aliphatic heterocycles. The third-order valence-corrected chi connectivity index (χ3v) is 4.68. The van der Waals surface area contributed by atoms with Gasteiger partial charge in [0.1, 0.15) is 5.76 Å². The van der Waals surface area contributed by atoms with Crippen LogP contribution in [-0.2, 0) is 6.42 Å². The number of rotatable bonds is 5. The summed E-state index contributed by atoms with van der Waals surface area (Å²) in [6.07, 6.45) is 5.67. The van der Waals surface area contributed by atoms with Crippen molar-refractivity contribution in [2.45, 2.75) is 45.2 Å². The summed E-state index contributed by atoms with van der Waals surface area (Å²) in [5.74, 6) is 2.77. The predicted octanol–water partition coefficient (Wildman–Crippen LogP) is 2.53. The fourth-order valence-corrected chi connectivity index (χ4v) is 3.29. The van der Waals surface area contributed by atoms with E-state index in [1.165, 1.54) is 19.4 Å². The minimum absolute atomic E-state index is 0.671. The van der Waals surface area contributed by atoms with Crippen LogP contribution in [0.1, 0.15) is 32.4 Å². The fraction of sp³-hybridized carbons (Fsp3) is 0.750. The van der Waals surface area contributed by atoms with Crippen LogP contribution in [0.2, 0.25) is 0 Å². The summed E-state index contributed by atoms with van der Waals surface area (Å²) in [4.78, 5) is 2.69. The summed E-state index contributed by atoms with van der Waals surface area (Å²) in [5, 5.41) is 3.77. The van der Waals surface area contributed by atoms with Gasteiger partial charge in [0.25, 0.3) is 0 Å². The number of furan rings is 1. The highest BCUT2D eigenvalue weighted by molar-refractivity contribution is 5.00. The maximum Gasteiger partial charge on any atom is 0.105 e. The van der Waals surface area contributed by atoms with Crippen molar-refractivity contribution in [2.75, 3.05) is 19.6 Å². The van der Waals surface area contributed by atoms with Gasteiger partial charge in [0.05, 0.1) is 6.26 Å². The van der Waals surface area contributed by atoms with Gasteiger partial charge in [-0.2, -0.15) is 0 Å². The van der Waals surface area contributed by atoms with Crippen LogP contribution in [0.25, 0.3) is 0 Å². The number of hydrogen-bond acceptors (Lipinski definition) is 3. The van der Waals surface area contributed by atoms with E-state index in [0.29, 0.717) is 12.0 Å². The molecule has 3 heteroatoms. The summed E-state index contributed by atoms with van der Waals surface area (Å²) < 4.78 is 5.46. The molecule has 1 aromatic rings. The summed E-state index contributed by atoms with van der Waals surface area (Å²) in [7, 11) is 0. The Labute approximate surface area is 116 Å². The summed E-state index contributed by atoms with van der Waals surface area (Å²) >= 11 is 0. The Morgan fingerprint density at radius 3 is 2.89 bits per heavy atom. The Balaban J connectivity index is 1.59. The summed E-state index contributed by atoms with van der Waals surface area (Å²) in [6, 6.07) is 5.47. The minimum atomic E-state index is 0.671. The van der Waals surface area contributed by atoms with Crippen LogP contribution in [0.4, 0.5) is 0 Å². The van der Waals surface area contributed by atoms with Crippen LogP contribution in [0.3, 0.4) is 0 Å². The van der Waals surface area contributed by atoms with Crippen LogP contribution >= 0.6 is 0 Å². The molecular formula is C16H26N2O. The van der Waals surface area contributed by atoms with E-state index in [0.717, 1.165) is 37.2 Å². The average molecular weight is 262 g/mol. The van der Waals surface area contributed by atoms with Crippen LogP contribution < -0.4 is 5.32 Å². The number of piperazine rings is 1. The maximum atomic E-state index is 5.46. The van der Waals surface area contributed by atoms with Gasteiger partial charge in [-0.05, 0) is 36.8 Å². The van der Waals surface area contributed by atoms with E-state index >= 15 is 0 Å². The Morgan fingerprint density at radius 1 is 1.42 bits per heavy atom. The van der Waals surface area contributed by atoms with Crippen molar-refractivity contribution in [3.8, 4) is 0 Å². The predicted molar refractivity (Wildman–Crippen MR) is 77.1 cm³/mol. The monoisotopic (exact) mass is 262 g/mol. The smallest absolute Gasteiger partial charge is 0.105 e. The number of nitrogens with zero attached hydrogens (tertiary/aromatic N) is 1. The van der Waals surface area contributed by atoms with Crippen molar-refractivity contribution in [2.24, 2.45) is 11.8 Å². The van der Waals surface area contributed by atoms with E-state index in [4.69, 9.17) is 4.42 Å². The summed E-state index contributed by atoms with van der Waals surface area (Å²) in [6.45, 7) is 8.17. The van der Waals surface area contributed by atoms with E-state index in [9.17, 15) is 0 Å². The SMILES string of the molecule is CC(C)C1CNC(C2CC2)CN1CCc1ccco1. The number of nitrogens with one attached hydrogen (secondary N) is 1. The largest absolute Gasteiger partial charge is 0.469 e. The zero-order valence-corrected chi connectivity index (χ0v) is 12.1. The van der Waals surface area contributed by atoms with Crippen molar-refractivity contribution in [3.63, 3.8) is 0 Å². The van der Waals surface area contributed by atoms with Crippen molar-refractivity contribution in [1.82, 2.24) is 10.2 Å². The van der Waals surface area contributed by atoms with E-state index in [1.807, 2.05) is 6.07 Å². The van der Waals surface area contributed by atoms with Crippen molar-refractivity contribution in [1.29, 1.82) is 0 Å². The molecule has 0 bridgehead atoms. The highest BCUT2D eigenvalue weighted by Gasteiger charge is 2.37. The van der Waals surface area contributed by atoms with Gasteiger partial charge >= 0.3 is 0 Å². The quantitative estimate of drug-likeness (QED) is 0.884. The zero-order chi connectivity index (χ0) is 13.2. The van der Waals surface area contributed by atoms with Crippen LogP contribution in [-0.4, -0.2) is 36.6 Å². The fourth-order valence-electron chi connectivity index (χ4n) is 3.29. The molecule has 1 saturated heterocycles. The van der Waals surface area contributed by atoms with Gasteiger partial charge < -0.3 is 9.73 Å². The van der Waals surface area contributed by atoms with E-state index in [2.05, 4.69) is 30.1 Å². The normalized spacial score (nSPS) is 29.0. The zero-order valence-electron chi connectivity index (χ0n) is 12.1. The molecule has 1 N–H and O–H groups in total. The second-order valence-electron chi connectivity index (χ2n) is 6.49. The topological polar surface area (TPSA) is 28.4 Å². The van der Waals surface area contributed by atoms with Gasteiger partial charge in [0.15, 0.2) is 0 Å². The van der Waals surface area contributed by atoms with Gasteiger partial charge in [-0.1, -0.05) is 13.8 Å². The molecule has 2 aliphatic rings. The third-order valence-electron chi connectivity index (χ3n) is 4.68. The van der Waals surface area contributed by atoms with Gasteiger partial charge in [0.2, 0.25) is 0 Å². The lowest BCUT2D eigenvalue weighted by Gasteiger charge is -2.42. The molecule has 0 aromatic carbocycles. The molecular weight excluding hydrogens is 236 g/mol. The highest BCUT2D eigenvalue weighted by atomic mass is 16.3. The second-order valence-corrected chi connectivity index (χ2v) is 6.49. The lowest BCUT2D eigenvalue weighted by atomic mass is 9.96. The van der Waals surface area contributed by atoms with E-state index < -0.39 is 0 Å². The van der Waals surface area contributed by atoms with Gasteiger partial charge in [-0.15, -0.1) is 0 Å². The molecule has 2 heterocycles. The first-order valence-electron chi connectivity index (χ1n) is 7.74. The standard InChI is InChI=1S/C16H26N2O/c1-12(2)16-10-17-15(13-5-6-13)11-18(16)8-7-14-4-3-9-19-14/h3-4,9,12-13,15-17H,5-8,10-11H2,1-2H3. The third kappa shape index (κ3) is 3.21. The Kier molecular flexibility index (Phi) is 3.94. The lowest BCUT2D eigenvalue weighted by molar-refractivity contribution is 0.0920. The number of hydrogen-bond donors (Lipinski definition) is 1. The molecule has 3 rings (SSSR count). The molecule has 1 aliphatic carbocycles. The molecule has 0 spiro atoms. The first-order valence-corrected chi connectivity index (χ1v) is 7.74. The average Bonchev–Trinajstić information content (AvgIpc) is 3.13. The van der Waals surface area contributed by atoms with Crippen molar-refractivity contribution in [3.05, 3.63) is 24.2 Å². The molecule has 1 aromatic heterocycles. The molecule has 19 heavy (non-hydrogen) atoms. The second kappa shape index (κ2) is 5.68. The van der Waals surface area contributed by atoms with Crippen LogP contribution in [0.15, 0.2) is 22.8 Å². The molecule has 0 radical (unpaired) electrons. The van der Waals surface area contributed by atoms with Crippen molar-refractivity contribution < 1.29 is 4.42 Å². The highest BCUT2D eigenvalue weighted by Crippen LogP contribution is 2.34. The first kappa shape index (κ1) is 13.2. The molecule has 106 valence electrons.